The molecule has 156 valence electrons. The van der Waals surface area contributed by atoms with Crippen molar-refractivity contribution in [1.29, 1.82) is 0 Å². The molecular formula is C21H21F2N5O2. The van der Waals surface area contributed by atoms with Crippen molar-refractivity contribution >= 4 is 17.4 Å². The van der Waals surface area contributed by atoms with Crippen LogP contribution in [0.2, 0.25) is 0 Å². The first-order valence-corrected chi connectivity index (χ1v) is 10.00. The van der Waals surface area contributed by atoms with Crippen LogP contribution in [0.3, 0.4) is 0 Å². The van der Waals surface area contributed by atoms with Gasteiger partial charge in [-0.15, -0.1) is 0 Å². The summed E-state index contributed by atoms with van der Waals surface area (Å²) in [6, 6.07) is 9.29. The Bertz CT molecular complexity index is 1090. The van der Waals surface area contributed by atoms with Crippen molar-refractivity contribution in [3.8, 4) is 5.75 Å². The Labute approximate surface area is 171 Å². The van der Waals surface area contributed by atoms with Crippen molar-refractivity contribution in [2.75, 3.05) is 11.9 Å². The Morgan fingerprint density at radius 1 is 1.20 bits per heavy atom. The number of hydrogen-bond donors (Lipinski definition) is 2. The number of aromatic nitrogens is 3. The van der Waals surface area contributed by atoms with E-state index in [1.807, 2.05) is 24.3 Å². The van der Waals surface area contributed by atoms with Crippen molar-refractivity contribution < 1.29 is 18.3 Å². The van der Waals surface area contributed by atoms with Gasteiger partial charge in [0.05, 0.1) is 12.2 Å². The highest BCUT2D eigenvalue weighted by molar-refractivity contribution is 5.99. The van der Waals surface area contributed by atoms with Crippen LogP contribution in [0.25, 0.3) is 5.65 Å². The Balaban J connectivity index is 1.33. The first-order chi connectivity index (χ1) is 14.5. The minimum Gasteiger partial charge on any atom is -0.491 e. The molecule has 0 radical (unpaired) electrons. The summed E-state index contributed by atoms with van der Waals surface area (Å²) >= 11 is 0. The zero-order chi connectivity index (χ0) is 20.7. The Morgan fingerprint density at radius 2 is 2.00 bits per heavy atom. The molecule has 1 aliphatic carbocycles. The molecule has 1 amide bonds. The molecule has 3 aromatic rings. The molecule has 5 rings (SSSR count). The third kappa shape index (κ3) is 3.55. The van der Waals surface area contributed by atoms with Crippen LogP contribution in [0.15, 0.2) is 42.7 Å². The summed E-state index contributed by atoms with van der Waals surface area (Å²) in [5.41, 5.74) is 1.78. The summed E-state index contributed by atoms with van der Waals surface area (Å²) < 4.78 is 33.9. The van der Waals surface area contributed by atoms with Crippen molar-refractivity contribution in [2.24, 2.45) is 0 Å². The van der Waals surface area contributed by atoms with Gasteiger partial charge in [0.1, 0.15) is 23.7 Å². The molecule has 3 heterocycles. The van der Waals surface area contributed by atoms with Crippen molar-refractivity contribution in [3.63, 3.8) is 0 Å². The number of benzene rings is 1. The zero-order valence-electron chi connectivity index (χ0n) is 16.1. The number of fused-ring (bicyclic) bond motifs is 2. The molecule has 1 aliphatic heterocycles. The molecule has 30 heavy (non-hydrogen) atoms. The first kappa shape index (κ1) is 18.8. The fourth-order valence-corrected chi connectivity index (χ4v) is 4.02. The van der Waals surface area contributed by atoms with E-state index in [1.54, 1.807) is 12.3 Å². The number of carbonyl (C=O) groups excluding carboxylic acids is 1. The zero-order valence-corrected chi connectivity index (χ0v) is 16.1. The number of anilines is 1. The number of halogens is 2. The van der Waals surface area contributed by atoms with Crippen molar-refractivity contribution in [1.82, 2.24) is 19.9 Å². The van der Waals surface area contributed by atoms with Crippen LogP contribution in [-0.4, -0.2) is 39.1 Å². The summed E-state index contributed by atoms with van der Waals surface area (Å²) in [5.74, 6) is -1.53. The predicted molar refractivity (Wildman–Crippen MR) is 106 cm³/mol. The summed E-state index contributed by atoms with van der Waals surface area (Å²) in [6.45, 7) is 0.491. The van der Waals surface area contributed by atoms with Gasteiger partial charge >= 0.3 is 0 Å². The van der Waals surface area contributed by atoms with Gasteiger partial charge in [-0.2, -0.15) is 5.10 Å². The average molecular weight is 413 g/mol. The van der Waals surface area contributed by atoms with Crippen molar-refractivity contribution in [3.05, 3.63) is 53.9 Å². The fraction of sp³-hybridized carbons (Fsp3) is 0.381. The first-order valence-electron chi connectivity index (χ1n) is 10.00. The van der Waals surface area contributed by atoms with E-state index in [-0.39, 0.29) is 43.7 Å². The van der Waals surface area contributed by atoms with Crippen LogP contribution in [0.1, 0.15) is 47.6 Å². The largest absolute Gasteiger partial charge is 0.491 e. The van der Waals surface area contributed by atoms with Crippen LogP contribution in [0.5, 0.6) is 5.75 Å². The second-order valence-corrected chi connectivity index (χ2v) is 7.79. The molecule has 7 nitrogen and oxygen atoms in total. The van der Waals surface area contributed by atoms with E-state index in [9.17, 15) is 13.6 Å². The van der Waals surface area contributed by atoms with Gasteiger partial charge in [0, 0.05) is 30.6 Å². The molecule has 1 unspecified atom stereocenters. The number of ether oxygens (including phenoxy) is 1. The highest BCUT2D eigenvalue weighted by atomic mass is 19.3. The minimum absolute atomic E-state index is 0.0414. The van der Waals surface area contributed by atoms with Gasteiger partial charge in [0.15, 0.2) is 5.65 Å². The van der Waals surface area contributed by atoms with Gasteiger partial charge in [-0.3, -0.25) is 4.79 Å². The van der Waals surface area contributed by atoms with Gasteiger partial charge < -0.3 is 15.4 Å². The maximum absolute atomic E-state index is 13.3. The molecule has 0 bridgehead atoms. The molecule has 9 heteroatoms. The standard InChI is InChI=1S/C21H21F2N5O2/c22-21(23)8-5-13(6-9-21)25-20(29)15-11-24-28-10-7-18(27-19(15)28)26-16-12-30-17-4-2-1-3-14(16)17/h1-4,7,10-11,13,16H,5-6,8-9,12H2,(H,25,29)(H,26,27). The quantitative estimate of drug-likeness (QED) is 0.683. The molecular weight excluding hydrogens is 392 g/mol. The monoisotopic (exact) mass is 413 g/mol. The van der Waals surface area contributed by atoms with E-state index in [1.165, 1.54) is 10.7 Å². The molecule has 0 saturated heterocycles. The number of nitrogens with zero attached hydrogens (tertiary/aromatic N) is 3. The lowest BCUT2D eigenvalue weighted by molar-refractivity contribution is -0.0399. The lowest BCUT2D eigenvalue weighted by Gasteiger charge is -2.28. The average Bonchev–Trinajstić information content (AvgIpc) is 3.34. The normalized spacial score (nSPS) is 20.5. The van der Waals surface area contributed by atoms with Gasteiger partial charge in [-0.05, 0) is 25.0 Å². The highest BCUT2D eigenvalue weighted by Gasteiger charge is 2.35. The second kappa shape index (κ2) is 7.23. The number of carbonyl (C=O) groups is 1. The number of nitrogens with one attached hydrogen (secondary N) is 2. The molecule has 2 aliphatic rings. The topological polar surface area (TPSA) is 80.6 Å². The van der Waals surface area contributed by atoms with Crippen LogP contribution in [-0.2, 0) is 0 Å². The Kier molecular flexibility index (Phi) is 4.52. The fourth-order valence-electron chi connectivity index (χ4n) is 4.02. The molecule has 1 aromatic carbocycles. The Morgan fingerprint density at radius 3 is 2.83 bits per heavy atom. The van der Waals surface area contributed by atoms with Crippen molar-refractivity contribution in [2.45, 2.75) is 43.7 Å². The summed E-state index contributed by atoms with van der Waals surface area (Å²) in [4.78, 5) is 17.3. The van der Waals surface area contributed by atoms with E-state index < -0.39 is 5.92 Å². The molecule has 0 spiro atoms. The number of alkyl halides is 2. The van der Waals surface area contributed by atoms with E-state index in [0.717, 1.165) is 11.3 Å². The van der Waals surface area contributed by atoms with Gasteiger partial charge in [0.25, 0.3) is 5.91 Å². The van der Waals surface area contributed by atoms with Crippen LogP contribution >= 0.6 is 0 Å². The molecule has 1 fully saturated rings. The maximum atomic E-state index is 13.3. The lowest BCUT2D eigenvalue weighted by Crippen LogP contribution is -2.40. The van der Waals surface area contributed by atoms with Gasteiger partial charge in [-0.1, -0.05) is 18.2 Å². The number of amides is 1. The Hall–Kier alpha value is -3.23. The molecule has 1 atom stereocenters. The molecule has 2 aromatic heterocycles. The van der Waals surface area contributed by atoms with Crippen LogP contribution in [0.4, 0.5) is 14.6 Å². The van der Waals surface area contributed by atoms with E-state index in [0.29, 0.717) is 23.6 Å². The SMILES string of the molecule is O=C(NC1CCC(F)(F)CC1)c1cnn2ccc(NC3COc4ccccc43)nc12. The molecule has 1 saturated carbocycles. The van der Waals surface area contributed by atoms with E-state index in [2.05, 4.69) is 20.7 Å². The highest BCUT2D eigenvalue weighted by Crippen LogP contribution is 2.34. The lowest BCUT2D eigenvalue weighted by atomic mass is 9.92. The van der Waals surface area contributed by atoms with Gasteiger partial charge in [0.2, 0.25) is 5.92 Å². The minimum atomic E-state index is -2.63. The van der Waals surface area contributed by atoms with E-state index in [4.69, 9.17) is 4.74 Å². The number of hydrogen-bond acceptors (Lipinski definition) is 5. The van der Waals surface area contributed by atoms with Crippen LogP contribution in [0, 0.1) is 0 Å². The third-order valence-electron chi connectivity index (χ3n) is 5.69. The third-order valence-corrected chi connectivity index (χ3v) is 5.69. The smallest absolute Gasteiger partial charge is 0.256 e. The maximum Gasteiger partial charge on any atom is 0.256 e. The second-order valence-electron chi connectivity index (χ2n) is 7.79. The number of para-hydroxylation sites is 1. The number of rotatable bonds is 4. The summed E-state index contributed by atoms with van der Waals surface area (Å²) in [7, 11) is 0. The van der Waals surface area contributed by atoms with Gasteiger partial charge in [-0.25, -0.2) is 18.3 Å². The van der Waals surface area contributed by atoms with Crippen LogP contribution < -0.4 is 15.4 Å². The predicted octanol–water partition coefficient (Wildman–Crippen LogP) is 3.58. The van der Waals surface area contributed by atoms with E-state index >= 15 is 0 Å². The summed E-state index contributed by atoms with van der Waals surface area (Å²) in [5, 5.41) is 10.4. The molecule has 2 N–H and O–H groups in total. The summed E-state index contributed by atoms with van der Waals surface area (Å²) in [6.07, 6.45) is 3.30.